The van der Waals surface area contributed by atoms with Crippen molar-refractivity contribution in [2.24, 2.45) is 0 Å². The van der Waals surface area contributed by atoms with Crippen LogP contribution < -0.4 is 10.2 Å². The minimum atomic E-state index is -0.363. The Morgan fingerprint density at radius 3 is 2.32 bits per heavy atom. The molecule has 1 fully saturated rings. The van der Waals surface area contributed by atoms with Crippen LogP contribution in [0.25, 0.3) is 0 Å². The Balaban J connectivity index is 1.73. The van der Waals surface area contributed by atoms with Gasteiger partial charge in [0.1, 0.15) is 12.4 Å². The average molecular weight is 359 g/mol. The number of halogens is 1. The molecule has 3 rings (SSSR count). The van der Waals surface area contributed by atoms with Gasteiger partial charge in [0.05, 0.1) is 11.2 Å². The van der Waals surface area contributed by atoms with E-state index in [9.17, 15) is 0 Å². The lowest BCUT2D eigenvalue weighted by molar-refractivity contribution is 0.00578. The van der Waals surface area contributed by atoms with Gasteiger partial charge in [0.15, 0.2) is 0 Å². The zero-order chi connectivity index (χ0) is 18.2. The molecule has 0 bridgehead atoms. The summed E-state index contributed by atoms with van der Waals surface area (Å²) in [6.07, 6.45) is 0. The monoisotopic (exact) mass is 358 g/mol. The summed E-state index contributed by atoms with van der Waals surface area (Å²) in [5, 5.41) is 0.712. The second-order valence-corrected chi connectivity index (χ2v) is 7.89. The Hall–Kier alpha value is -1.49. The minimum Gasteiger partial charge on any atom is -0.489 e. The van der Waals surface area contributed by atoms with Crippen LogP contribution in [0.3, 0.4) is 0 Å². The molecule has 3 nitrogen and oxygen atoms in total. The Bertz CT molecular complexity index is 757. The highest BCUT2D eigenvalue weighted by molar-refractivity contribution is 6.62. The van der Waals surface area contributed by atoms with Gasteiger partial charge in [-0.3, -0.25) is 0 Å². The first kappa shape index (κ1) is 18.3. The lowest BCUT2D eigenvalue weighted by atomic mass is 9.78. The van der Waals surface area contributed by atoms with Crippen molar-refractivity contribution in [3.8, 4) is 5.75 Å². The van der Waals surface area contributed by atoms with Gasteiger partial charge in [-0.2, -0.15) is 0 Å². The first-order valence-corrected chi connectivity index (χ1v) is 8.90. The lowest BCUT2D eigenvalue weighted by Gasteiger charge is -2.32. The summed E-state index contributed by atoms with van der Waals surface area (Å²) >= 11 is 6.15. The fraction of sp³-hybridized carbons (Fsp3) is 0.400. The molecule has 132 valence electrons. The van der Waals surface area contributed by atoms with Gasteiger partial charge in [-0.1, -0.05) is 41.9 Å². The highest BCUT2D eigenvalue weighted by atomic mass is 35.5. The van der Waals surface area contributed by atoms with Crippen molar-refractivity contribution in [3.05, 3.63) is 58.6 Å². The van der Waals surface area contributed by atoms with E-state index in [0.29, 0.717) is 11.6 Å². The van der Waals surface area contributed by atoms with E-state index in [1.54, 1.807) is 0 Å². The SMILES string of the molecule is Cc1c(Cl)cccc1OCc1cccc(B2OC(C)(C)C(C)(C)O2)c1. The topological polar surface area (TPSA) is 27.7 Å². The fourth-order valence-corrected chi connectivity index (χ4v) is 2.88. The molecule has 0 radical (unpaired) electrons. The van der Waals surface area contributed by atoms with Crippen LogP contribution in [0.1, 0.15) is 38.8 Å². The quantitative estimate of drug-likeness (QED) is 0.752. The van der Waals surface area contributed by atoms with Crippen LogP contribution >= 0.6 is 11.6 Å². The molecule has 0 atom stereocenters. The predicted octanol–water partition coefficient (Wildman–Crippen LogP) is 4.53. The first-order chi connectivity index (χ1) is 11.7. The van der Waals surface area contributed by atoms with Gasteiger partial charge < -0.3 is 14.0 Å². The molecule has 1 aliphatic rings. The van der Waals surface area contributed by atoms with Crippen molar-refractivity contribution in [3.63, 3.8) is 0 Å². The Morgan fingerprint density at radius 2 is 1.64 bits per heavy atom. The molecule has 0 aromatic heterocycles. The molecular weight excluding hydrogens is 334 g/mol. The second-order valence-electron chi connectivity index (χ2n) is 7.48. The molecule has 0 amide bonds. The van der Waals surface area contributed by atoms with Crippen LogP contribution in [0.15, 0.2) is 42.5 Å². The van der Waals surface area contributed by atoms with Crippen molar-refractivity contribution in [1.82, 2.24) is 0 Å². The van der Waals surface area contributed by atoms with Gasteiger partial charge in [0.25, 0.3) is 0 Å². The van der Waals surface area contributed by atoms with Crippen LogP contribution in [0.2, 0.25) is 5.02 Å². The van der Waals surface area contributed by atoms with Crippen molar-refractivity contribution in [1.29, 1.82) is 0 Å². The van der Waals surface area contributed by atoms with E-state index < -0.39 is 0 Å². The van der Waals surface area contributed by atoms with Gasteiger partial charge in [-0.05, 0) is 57.8 Å². The van der Waals surface area contributed by atoms with E-state index in [2.05, 4.69) is 33.8 Å². The molecule has 5 heteroatoms. The zero-order valence-electron chi connectivity index (χ0n) is 15.4. The maximum Gasteiger partial charge on any atom is 0.494 e. The number of benzene rings is 2. The standard InChI is InChI=1S/C20H24BClO3/c1-14-17(22)10-7-11-18(14)23-13-15-8-6-9-16(12-15)21-24-19(2,3)20(4,5)25-21/h6-12H,13H2,1-5H3. The third kappa shape index (κ3) is 3.71. The van der Waals surface area contributed by atoms with Crippen molar-refractivity contribution in [2.75, 3.05) is 0 Å². The molecule has 1 heterocycles. The minimum absolute atomic E-state index is 0.345. The Kier molecular flexibility index (Phi) is 4.89. The molecule has 0 spiro atoms. The number of hydrogen-bond donors (Lipinski definition) is 0. The molecule has 1 aliphatic heterocycles. The number of ether oxygens (including phenoxy) is 1. The highest BCUT2D eigenvalue weighted by Gasteiger charge is 2.51. The van der Waals surface area contributed by atoms with Crippen LogP contribution in [-0.2, 0) is 15.9 Å². The lowest BCUT2D eigenvalue weighted by Crippen LogP contribution is -2.41. The summed E-state index contributed by atoms with van der Waals surface area (Å²) in [5.41, 5.74) is 2.32. The molecule has 2 aromatic carbocycles. The van der Waals surface area contributed by atoms with Crippen molar-refractivity contribution >= 4 is 24.2 Å². The Morgan fingerprint density at radius 1 is 1.00 bits per heavy atom. The molecule has 0 aliphatic carbocycles. The summed E-state index contributed by atoms with van der Waals surface area (Å²) in [4.78, 5) is 0. The molecule has 1 saturated heterocycles. The average Bonchev–Trinajstić information content (AvgIpc) is 2.77. The maximum atomic E-state index is 6.15. The molecule has 25 heavy (non-hydrogen) atoms. The van der Waals surface area contributed by atoms with E-state index in [1.165, 1.54) is 0 Å². The summed E-state index contributed by atoms with van der Waals surface area (Å²) < 4.78 is 18.2. The van der Waals surface area contributed by atoms with Gasteiger partial charge in [0, 0.05) is 10.6 Å². The predicted molar refractivity (Wildman–Crippen MR) is 103 cm³/mol. The van der Waals surface area contributed by atoms with Crippen molar-refractivity contribution in [2.45, 2.75) is 52.4 Å². The van der Waals surface area contributed by atoms with E-state index in [0.717, 1.165) is 22.3 Å². The molecule has 2 aromatic rings. The van der Waals surface area contributed by atoms with Gasteiger partial charge >= 0.3 is 7.12 Å². The molecule has 0 N–H and O–H groups in total. The summed E-state index contributed by atoms with van der Waals surface area (Å²) in [5.74, 6) is 0.800. The van der Waals surface area contributed by atoms with Crippen LogP contribution in [0.4, 0.5) is 0 Å². The molecule has 0 saturated carbocycles. The van der Waals surface area contributed by atoms with Gasteiger partial charge in [-0.15, -0.1) is 0 Å². The van der Waals surface area contributed by atoms with Gasteiger partial charge in [0.2, 0.25) is 0 Å². The first-order valence-electron chi connectivity index (χ1n) is 8.52. The zero-order valence-corrected chi connectivity index (χ0v) is 16.2. The highest BCUT2D eigenvalue weighted by Crippen LogP contribution is 2.36. The van der Waals surface area contributed by atoms with Gasteiger partial charge in [-0.25, -0.2) is 0 Å². The largest absolute Gasteiger partial charge is 0.494 e. The second kappa shape index (κ2) is 6.67. The maximum absolute atomic E-state index is 6.15. The summed E-state index contributed by atoms with van der Waals surface area (Å²) in [7, 11) is -0.363. The van der Waals surface area contributed by atoms with Crippen LogP contribution in [0, 0.1) is 6.92 Å². The van der Waals surface area contributed by atoms with E-state index in [4.69, 9.17) is 25.6 Å². The van der Waals surface area contributed by atoms with E-state index >= 15 is 0 Å². The third-order valence-electron chi connectivity index (χ3n) is 5.09. The fourth-order valence-electron chi connectivity index (χ4n) is 2.71. The van der Waals surface area contributed by atoms with Crippen molar-refractivity contribution < 1.29 is 14.0 Å². The smallest absolute Gasteiger partial charge is 0.489 e. The van der Waals surface area contributed by atoms with Crippen LogP contribution in [0.5, 0.6) is 5.75 Å². The molecular formula is C20H24BClO3. The summed E-state index contributed by atoms with van der Waals surface area (Å²) in [6.45, 7) is 10.7. The normalized spacial score (nSPS) is 18.4. The summed E-state index contributed by atoms with van der Waals surface area (Å²) in [6, 6.07) is 13.8. The Labute approximate surface area is 155 Å². The molecule has 0 unspecified atom stereocenters. The number of rotatable bonds is 4. The van der Waals surface area contributed by atoms with E-state index in [-0.39, 0.29) is 18.3 Å². The van der Waals surface area contributed by atoms with E-state index in [1.807, 2.05) is 43.3 Å². The third-order valence-corrected chi connectivity index (χ3v) is 5.50. The number of hydrogen-bond acceptors (Lipinski definition) is 3. The van der Waals surface area contributed by atoms with Crippen LogP contribution in [-0.4, -0.2) is 18.3 Å².